The van der Waals surface area contributed by atoms with Crippen LogP contribution in [0.4, 0.5) is 0 Å². The number of benzene rings is 2. The predicted octanol–water partition coefficient (Wildman–Crippen LogP) is 4.33. The molecule has 2 aromatic rings. The summed E-state index contributed by atoms with van der Waals surface area (Å²) < 4.78 is 5.91. The Labute approximate surface area is 119 Å². The molecule has 0 radical (unpaired) electrons. The van der Waals surface area contributed by atoms with E-state index in [-0.39, 0.29) is 6.04 Å². The third-order valence-electron chi connectivity index (χ3n) is 2.85. The number of hydrogen-bond acceptors (Lipinski definition) is 2. The monoisotopic (exact) mass is 275 g/mol. The van der Waals surface area contributed by atoms with Gasteiger partial charge in [-0.05, 0) is 44.5 Å². The van der Waals surface area contributed by atoms with Crippen LogP contribution in [0.2, 0.25) is 5.02 Å². The van der Waals surface area contributed by atoms with Gasteiger partial charge in [-0.1, -0.05) is 35.4 Å². The fourth-order valence-electron chi connectivity index (χ4n) is 1.89. The zero-order valence-corrected chi connectivity index (χ0v) is 11.9. The molecule has 0 bridgehead atoms. The van der Waals surface area contributed by atoms with E-state index in [2.05, 4.69) is 0 Å². The number of hydrogen-bond donors (Lipinski definition) is 1. The SMILES string of the molecule is Cc1ccc(Oc2cccc(Cl)c2CC(C)N)cc1. The molecule has 1 atom stereocenters. The summed E-state index contributed by atoms with van der Waals surface area (Å²) >= 11 is 6.23. The van der Waals surface area contributed by atoms with Gasteiger partial charge in [0.1, 0.15) is 11.5 Å². The van der Waals surface area contributed by atoms with Crippen LogP contribution in [0.3, 0.4) is 0 Å². The fraction of sp³-hybridized carbons (Fsp3) is 0.250. The maximum absolute atomic E-state index is 6.23. The lowest BCUT2D eigenvalue weighted by atomic mass is 10.1. The molecule has 0 aliphatic carbocycles. The van der Waals surface area contributed by atoms with Gasteiger partial charge >= 0.3 is 0 Å². The summed E-state index contributed by atoms with van der Waals surface area (Å²) in [5.41, 5.74) is 8.02. The minimum absolute atomic E-state index is 0.0419. The zero-order valence-electron chi connectivity index (χ0n) is 11.2. The molecule has 1 unspecified atom stereocenters. The van der Waals surface area contributed by atoms with E-state index in [1.165, 1.54) is 5.56 Å². The zero-order chi connectivity index (χ0) is 13.8. The molecule has 0 heterocycles. The summed E-state index contributed by atoms with van der Waals surface area (Å²) in [6.07, 6.45) is 0.695. The Morgan fingerprint density at radius 1 is 1.16 bits per heavy atom. The van der Waals surface area contributed by atoms with Crippen molar-refractivity contribution in [2.75, 3.05) is 0 Å². The molecule has 0 aromatic heterocycles. The number of nitrogens with two attached hydrogens (primary N) is 1. The van der Waals surface area contributed by atoms with Gasteiger partial charge in [0.25, 0.3) is 0 Å². The van der Waals surface area contributed by atoms with Gasteiger partial charge in [0.05, 0.1) is 0 Å². The van der Waals surface area contributed by atoms with Gasteiger partial charge in [-0.15, -0.1) is 0 Å². The standard InChI is InChI=1S/C16H18ClNO/c1-11-6-8-13(9-7-11)19-16-5-3-4-15(17)14(16)10-12(2)18/h3-9,12H,10,18H2,1-2H3. The van der Waals surface area contributed by atoms with E-state index >= 15 is 0 Å². The molecule has 19 heavy (non-hydrogen) atoms. The molecule has 2 N–H and O–H groups in total. The van der Waals surface area contributed by atoms with Crippen molar-refractivity contribution in [1.82, 2.24) is 0 Å². The molecule has 3 heteroatoms. The Kier molecular flexibility index (Phi) is 4.46. The van der Waals surface area contributed by atoms with E-state index < -0.39 is 0 Å². The summed E-state index contributed by atoms with van der Waals surface area (Å²) in [6, 6.07) is 13.6. The van der Waals surface area contributed by atoms with Crippen LogP contribution in [0.1, 0.15) is 18.1 Å². The second kappa shape index (κ2) is 6.09. The first kappa shape index (κ1) is 13.9. The first-order chi connectivity index (χ1) is 9.06. The molecule has 0 amide bonds. The van der Waals surface area contributed by atoms with Crippen LogP contribution in [0, 0.1) is 6.92 Å². The first-order valence-corrected chi connectivity index (χ1v) is 6.71. The maximum atomic E-state index is 6.23. The molecular formula is C16H18ClNO. The van der Waals surface area contributed by atoms with Crippen molar-refractivity contribution in [2.24, 2.45) is 5.73 Å². The Morgan fingerprint density at radius 2 is 1.84 bits per heavy atom. The molecule has 0 aliphatic rings. The number of halogens is 1. The summed E-state index contributed by atoms with van der Waals surface area (Å²) in [5.74, 6) is 1.58. The van der Waals surface area contributed by atoms with Crippen molar-refractivity contribution >= 4 is 11.6 Å². The summed E-state index contributed by atoms with van der Waals surface area (Å²) in [4.78, 5) is 0. The molecule has 0 aliphatic heterocycles. The minimum atomic E-state index is 0.0419. The molecular weight excluding hydrogens is 258 g/mol. The van der Waals surface area contributed by atoms with Crippen molar-refractivity contribution in [3.05, 3.63) is 58.6 Å². The quantitative estimate of drug-likeness (QED) is 0.901. The summed E-state index contributed by atoms with van der Waals surface area (Å²) in [7, 11) is 0. The second-order valence-corrected chi connectivity index (χ2v) is 5.22. The van der Waals surface area contributed by atoms with Crippen LogP contribution in [-0.2, 0) is 6.42 Å². The Balaban J connectivity index is 2.29. The molecule has 2 nitrogen and oxygen atoms in total. The van der Waals surface area contributed by atoms with E-state index in [0.717, 1.165) is 17.1 Å². The van der Waals surface area contributed by atoms with Gasteiger partial charge in [-0.3, -0.25) is 0 Å². The van der Waals surface area contributed by atoms with Gasteiger partial charge in [-0.25, -0.2) is 0 Å². The number of rotatable bonds is 4. The lowest BCUT2D eigenvalue weighted by Gasteiger charge is -2.14. The van der Waals surface area contributed by atoms with E-state index in [0.29, 0.717) is 11.4 Å². The average Bonchev–Trinajstić information content (AvgIpc) is 2.36. The van der Waals surface area contributed by atoms with Crippen LogP contribution in [-0.4, -0.2) is 6.04 Å². The highest BCUT2D eigenvalue weighted by atomic mass is 35.5. The minimum Gasteiger partial charge on any atom is -0.457 e. The smallest absolute Gasteiger partial charge is 0.132 e. The van der Waals surface area contributed by atoms with Crippen LogP contribution >= 0.6 is 11.6 Å². The van der Waals surface area contributed by atoms with Gasteiger partial charge < -0.3 is 10.5 Å². The largest absolute Gasteiger partial charge is 0.457 e. The summed E-state index contributed by atoms with van der Waals surface area (Å²) in [6.45, 7) is 4.00. The molecule has 0 fully saturated rings. The van der Waals surface area contributed by atoms with Crippen LogP contribution in [0.25, 0.3) is 0 Å². The molecule has 2 rings (SSSR count). The van der Waals surface area contributed by atoms with Gasteiger partial charge in [0, 0.05) is 16.6 Å². The predicted molar refractivity (Wildman–Crippen MR) is 80.1 cm³/mol. The molecule has 0 saturated carbocycles. The van der Waals surface area contributed by atoms with Gasteiger partial charge in [0.2, 0.25) is 0 Å². The normalized spacial score (nSPS) is 12.2. The second-order valence-electron chi connectivity index (χ2n) is 4.81. The van der Waals surface area contributed by atoms with Crippen LogP contribution in [0.15, 0.2) is 42.5 Å². The highest BCUT2D eigenvalue weighted by Gasteiger charge is 2.11. The van der Waals surface area contributed by atoms with Crippen molar-refractivity contribution in [2.45, 2.75) is 26.3 Å². The number of ether oxygens (including phenoxy) is 1. The first-order valence-electron chi connectivity index (χ1n) is 6.34. The lowest BCUT2D eigenvalue weighted by molar-refractivity contribution is 0.474. The topological polar surface area (TPSA) is 35.2 Å². The third kappa shape index (κ3) is 3.72. The Morgan fingerprint density at radius 3 is 2.47 bits per heavy atom. The molecule has 2 aromatic carbocycles. The highest BCUT2D eigenvalue weighted by Crippen LogP contribution is 2.31. The average molecular weight is 276 g/mol. The Hall–Kier alpha value is -1.51. The highest BCUT2D eigenvalue weighted by molar-refractivity contribution is 6.31. The third-order valence-corrected chi connectivity index (χ3v) is 3.20. The fourth-order valence-corrected chi connectivity index (χ4v) is 2.13. The van der Waals surface area contributed by atoms with E-state index in [1.807, 2.05) is 56.3 Å². The van der Waals surface area contributed by atoms with Crippen LogP contribution in [0.5, 0.6) is 11.5 Å². The lowest BCUT2D eigenvalue weighted by Crippen LogP contribution is -2.18. The van der Waals surface area contributed by atoms with Crippen molar-refractivity contribution in [1.29, 1.82) is 0 Å². The molecule has 0 spiro atoms. The van der Waals surface area contributed by atoms with Crippen LogP contribution < -0.4 is 10.5 Å². The van der Waals surface area contributed by atoms with E-state index in [1.54, 1.807) is 0 Å². The van der Waals surface area contributed by atoms with Gasteiger partial charge in [0.15, 0.2) is 0 Å². The van der Waals surface area contributed by atoms with Crippen molar-refractivity contribution in [3.63, 3.8) is 0 Å². The van der Waals surface area contributed by atoms with Crippen molar-refractivity contribution in [3.8, 4) is 11.5 Å². The van der Waals surface area contributed by atoms with E-state index in [9.17, 15) is 0 Å². The maximum Gasteiger partial charge on any atom is 0.132 e. The molecule has 0 saturated heterocycles. The molecule has 100 valence electrons. The summed E-state index contributed by atoms with van der Waals surface area (Å²) in [5, 5.41) is 0.696. The number of aryl methyl sites for hydroxylation is 1. The van der Waals surface area contributed by atoms with Crippen molar-refractivity contribution < 1.29 is 4.74 Å². The Bertz CT molecular complexity index is 549. The van der Waals surface area contributed by atoms with E-state index in [4.69, 9.17) is 22.1 Å². The van der Waals surface area contributed by atoms with Gasteiger partial charge in [-0.2, -0.15) is 0 Å².